The Kier molecular flexibility index (Phi) is 5.59. The molecule has 118 valence electrons. The van der Waals surface area contributed by atoms with Gasteiger partial charge in [-0.25, -0.2) is 4.39 Å². The zero-order chi connectivity index (χ0) is 15.3. The molecule has 21 heavy (non-hydrogen) atoms. The number of anilines is 1. The summed E-state index contributed by atoms with van der Waals surface area (Å²) in [6.07, 6.45) is 3.21. The Morgan fingerprint density at radius 3 is 2.90 bits per heavy atom. The Bertz CT molecular complexity index is 466. The number of benzene rings is 1. The number of rotatable bonds is 6. The highest BCUT2D eigenvalue weighted by molar-refractivity contribution is 5.50. The minimum absolute atomic E-state index is 0.134. The van der Waals surface area contributed by atoms with Crippen molar-refractivity contribution in [1.29, 1.82) is 0 Å². The summed E-state index contributed by atoms with van der Waals surface area (Å²) in [4.78, 5) is 2.24. The number of ether oxygens (including phenoxy) is 1. The van der Waals surface area contributed by atoms with Crippen molar-refractivity contribution in [2.24, 2.45) is 0 Å². The highest BCUT2D eigenvalue weighted by Crippen LogP contribution is 2.29. The van der Waals surface area contributed by atoms with E-state index in [2.05, 4.69) is 30.1 Å². The van der Waals surface area contributed by atoms with Crippen molar-refractivity contribution < 1.29 is 9.13 Å². The molecule has 3 nitrogen and oxygen atoms in total. The van der Waals surface area contributed by atoms with Crippen LogP contribution in [0.25, 0.3) is 0 Å². The van der Waals surface area contributed by atoms with E-state index in [1.54, 1.807) is 19.2 Å². The smallest absolute Gasteiger partial charge is 0.125 e. The molecular formula is C17H27FN2O. The highest BCUT2D eigenvalue weighted by Gasteiger charge is 2.31. The normalized spacial score (nSPS) is 22.6. The molecule has 1 saturated heterocycles. The molecule has 0 saturated carbocycles. The third-order valence-electron chi connectivity index (χ3n) is 4.22. The molecule has 1 aliphatic rings. The number of nitrogens with one attached hydrogen (secondary N) is 1. The molecule has 1 atom stereocenters. The predicted octanol–water partition coefficient (Wildman–Crippen LogP) is 3.33. The number of methoxy groups -OCH3 is 1. The van der Waals surface area contributed by atoms with Crippen molar-refractivity contribution >= 4 is 5.69 Å². The molecule has 0 aromatic heterocycles. The van der Waals surface area contributed by atoms with Crippen LogP contribution in [0.15, 0.2) is 18.2 Å². The fraction of sp³-hybridized carbons (Fsp3) is 0.647. The fourth-order valence-electron chi connectivity index (χ4n) is 2.92. The maximum absolute atomic E-state index is 13.9. The van der Waals surface area contributed by atoms with Crippen molar-refractivity contribution in [3.8, 4) is 0 Å². The SMILES string of the molecule is CCCNCc1cc(F)cc(N2CCCC(C)(OC)C2)c1. The summed E-state index contributed by atoms with van der Waals surface area (Å²) in [5.74, 6) is -0.162. The van der Waals surface area contributed by atoms with Crippen LogP contribution in [0.4, 0.5) is 10.1 Å². The summed E-state index contributed by atoms with van der Waals surface area (Å²) in [6.45, 7) is 7.70. The van der Waals surface area contributed by atoms with Crippen LogP contribution in [0.2, 0.25) is 0 Å². The predicted molar refractivity (Wildman–Crippen MR) is 85.3 cm³/mol. The summed E-state index contributed by atoms with van der Waals surface area (Å²) < 4.78 is 19.5. The quantitative estimate of drug-likeness (QED) is 0.815. The summed E-state index contributed by atoms with van der Waals surface area (Å²) in [7, 11) is 1.76. The van der Waals surface area contributed by atoms with E-state index in [1.807, 2.05) is 0 Å². The molecule has 4 heteroatoms. The minimum atomic E-state index is -0.162. The van der Waals surface area contributed by atoms with Crippen LogP contribution in [-0.4, -0.2) is 32.3 Å². The summed E-state index contributed by atoms with van der Waals surface area (Å²) in [6, 6.07) is 5.34. The van der Waals surface area contributed by atoms with Gasteiger partial charge >= 0.3 is 0 Å². The largest absolute Gasteiger partial charge is 0.377 e. The first-order valence-electron chi connectivity index (χ1n) is 7.86. The Balaban J connectivity index is 2.11. The van der Waals surface area contributed by atoms with Gasteiger partial charge in [-0.15, -0.1) is 0 Å². The van der Waals surface area contributed by atoms with E-state index in [1.165, 1.54) is 0 Å². The van der Waals surface area contributed by atoms with Gasteiger partial charge in [-0.05, 0) is 56.5 Å². The lowest BCUT2D eigenvalue weighted by atomic mass is 9.94. The van der Waals surface area contributed by atoms with Gasteiger partial charge in [-0.3, -0.25) is 0 Å². The lowest BCUT2D eigenvalue weighted by molar-refractivity contribution is -0.00466. The number of piperidine rings is 1. The Hall–Kier alpha value is -1.13. The number of hydrogen-bond acceptors (Lipinski definition) is 3. The average Bonchev–Trinajstić information content (AvgIpc) is 2.47. The van der Waals surface area contributed by atoms with E-state index in [-0.39, 0.29) is 11.4 Å². The minimum Gasteiger partial charge on any atom is -0.377 e. The van der Waals surface area contributed by atoms with Gasteiger partial charge in [-0.1, -0.05) is 6.92 Å². The standard InChI is InChI=1S/C17H27FN2O/c1-4-7-19-12-14-9-15(18)11-16(10-14)20-8-5-6-17(2,13-20)21-3/h9-11,19H,4-8,12-13H2,1-3H3. The topological polar surface area (TPSA) is 24.5 Å². The van der Waals surface area contributed by atoms with Gasteiger partial charge in [-0.2, -0.15) is 0 Å². The second-order valence-electron chi connectivity index (χ2n) is 6.17. The highest BCUT2D eigenvalue weighted by atomic mass is 19.1. The molecule has 1 aromatic rings. The van der Waals surface area contributed by atoms with E-state index in [9.17, 15) is 4.39 Å². The van der Waals surface area contributed by atoms with E-state index in [0.717, 1.165) is 50.1 Å². The van der Waals surface area contributed by atoms with Gasteiger partial charge in [0.25, 0.3) is 0 Å². The van der Waals surface area contributed by atoms with Crippen LogP contribution in [0.3, 0.4) is 0 Å². The third kappa shape index (κ3) is 4.42. The second-order valence-corrected chi connectivity index (χ2v) is 6.17. The summed E-state index contributed by atoms with van der Waals surface area (Å²) in [5, 5.41) is 3.33. The Labute approximate surface area is 127 Å². The van der Waals surface area contributed by atoms with Crippen LogP contribution >= 0.6 is 0 Å². The van der Waals surface area contributed by atoms with Crippen molar-refractivity contribution in [1.82, 2.24) is 5.32 Å². The molecule has 1 aliphatic heterocycles. The third-order valence-corrected chi connectivity index (χ3v) is 4.22. The van der Waals surface area contributed by atoms with Gasteiger partial charge in [0, 0.05) is 32.4 Å². The lowest BCUT2D eigenvalue weighted by Crippen LogP contribution is -2.47. The van der Waals surface area contributed by atoms with Crippen LogP contribution in [0.5, 0.6) is 0 Å². The maximum atomic E-state index is 13.9. The van der Waals surface area contributed by atoms with E-state index < -0.39 is 0 Å². The van der Waals surface area contributed by atoms with Gasteiger partial charge in [0.05, 0.1) is 5.60 Å². The van der Waals surface area contributed by atoms with Gasteiger partial charge in [0.1, 0.15) is 5.82 Å². The fourth-order valence-corrected chi connectivity index (χ4v) is 2.92. The van der Waals surface area contributed by atoms with Crippen LogP contribution < -0.4 is 10.2 Å². The molecule has 0 aliphatic carbocycles. The van der Waals surface area contributed by atoms with Crippen LogP contribution in [0.1, 0.15) is 38.7 Å². The molecule has 1 heterocycles. The van der Waals surface area contributed by atoms with Gasteiger partial charge < -0.3 is 15.0 Å². The Morgan fingerprint density at radius 2 is 2.19 bits per heavy atom. The molecule has 2 rings (SSSR count). The van der Waals surface area contributed by atoms with Crippen molar-refractivity contribution in [2.75, 3.05) is 31.6 Å². The maximum Gasteiger partial charge on any atom is 0.125 e. The Morgan fingerprint density at radius 1 is 1.38 bits per heavy atom. The monoisotopic (exact) mass is 294 g/mol. The van der Waals surface area contributed by atoms with E-state index in [0.29, 0.717) is 6.54 Å². The average molecular weight is 294 g/mol. The van der Waals surface area contributed by atoms with E-state index in [4.69, 9.17) is 4.74 Å². The first-order chi connectivity index (χ1) is 10.1. The number of halogens is 1. The van der Waals surface area contributed by atoms with Crippen molar-refractivity contribution in [3.63, 3.8) is 0 Å². The van der Waals surface area contributed by atoms with Crippen LogP contribution in [0, 0.1) is 5.82 Å². The molecule has 1 fully saturated rings. The van der Waals surface area contributed by atoms with Crippen molar-refractivity contribution in [2.45, 2.75) is 45.3 Å². The lowest BCUT2D eigenvalue weighted by Gasteiger charge is -2.40. The number of hydrogen-bond donors (Lipinski definition) is 1. The molecular weight excluding hydrogens is 267 g/mol. The first kappa shape index (κ1) is 16.2. The molecule has 1 unspecified atom stereocenters. The molecule has 1 N–H and O–H groups in total. The summed E-state index contributed by atoms with van der Waals surface area (Å²) in [5.41, 5.74) is 1.83. The second kappa shape index (κ2) is 7.23. The molecule has 0 spiro atoms. The summed E-state index contributed by atoms with van der Waals surface area (Å²) >= 11 is 0. The van der Waals surface area contributed by atoms with E-state index >= 15 is 0 Å². The molecule has 0 bridgehead atoms. The van der Waals surface area contributed by atoms with Crippen LogP contribution in [-0.2, 0) is 11.3 Å². The number of nitrogens with zero attached hydrogens (tertiary/aromatic N) is 1. The molecule has 0 amide bonds. The van der Waals surface area contributed by atoms with Gasteiger partial charge in [0.15, 0.2) is 0 Å². The first-order valence-corrected chi connectivity index (χ1v) is 7.86. The molecule has 0 radical (unpaired) electrons. The van der Waals surface area contributed by atoms with Crippen molar-refractivity contribution in [3.05, 3.63) is 29.6 Å². The molecule has 1 aromatic carbocycles. The zero-order valence-corrected chi connectivity index (χ0v) is 13.4. The zero-order valence-electron chi connectivity index (χ0n) is 13.4. The van der Waals surface area contributed by atoms with Gasteiger partial charge in [0.2, 0.25) is 0 Å².